The predicted octanol–water partition coefficient (Wildman–Crippen LogP) is 8.83. The Kier molecular flexibility index (Phi) is 10.7. The smallest absolute Gasteiger partial charge is 0.268 e. The first kappa shape index (κ1) is 43.7. The van der Waals surface area contributed by atoms with Crippen LogP contribution in [0.5, 0.6) is 0 Å². The first-order valence-electron chi connectivity index (χ1n) is 22.4. The van der Waals surface area contributed by atoms with Crippen LogP contribution in [0, 0.1) is 17.6 Å². The summed E-state index contributed by atoms with van der Waals surface area (Å²) in [7, 11) is -3.88. The number of anilines is 1. The van der Waals surface area contributed by atoms with E-state index in [1.54, 1.807) is 10.7 Å². The van der Waals surface area contributed by atoms with Crippen molar-refractivity contribution in [1.82, 2.24) is 39.4 Å². The Morgan fingerprint density at radius 2 is 1.68 bits per heavy atom. The van der Waals surface area contributed by atoms with E-state index in [1.807, 2.05) is 6.07 Å². The van der Waals surface area contributed by atoms with Gasteiger partial charge in [0.1, 0.15) is 24.0 Å². The van der Waals surface area contributed by atoms with E-state index in [2.05, 4.69) is 31.1 Å². The number of fused-ring (bicyclic) bond motifs is 5. The molecule has 0 aliphatic heterocycles. The van der Waals surface area contributed by atoms with Gasteiger partial charge in [0.15, 0.2) is 11.5 Å². The highest BCUT2D eigenvalue weighted by Crippen LogP contribution is 2.60. The first-order chi connectivity index (χ1) is 31.5. The van der Waals surface area contributed by atoms with Gasteiger partial charge >= 0.3 is 0 Å². The Balaban J connectivity index is 1.13. The van der Waals surface area contributed by atoms with Crippen LogP contribution in [0.2, 0.25) is 5.02 Å². The van der Waals surface area contributed by atoms with Crippen LogP contribution in [-0.4, -0.2) is 65.9 Å². The van der Waals surface area contributed by atoms with Crippen molar-refractivity contribution >= 4 is 71.2 Å². The van der Waals surface area contributed by atoms with Crippen LogP contribution in [0.4, 0.5) is 23.4 Å². The molecule has 5 aliphatic rings. The minimum Gasteiger partial charge on any atom is -0.344 e. The maximum absolute atomic E-state index is 15.7. The number of alkyl halides is 3. The highest BCUT2D eigenvalue weighted by atomic mass is 79.9. The fraction of sp³-hybridized carbons (Fsp3) is 0.478. The van der Waals surface area contributed by atoms with Crippen LogP contribution >= 0.6 is 27.5 Å². The quantitative estimate of drug-likeness (QED) is 0.0810. The van der Waals surface area contributed by atoms with E-state index in [4.69, 9.17) is 26.7 Å². The van der Waals surface area contributed by atoms with Crippen molar-refractivity contribution in [3.63, 3.8) is 0 Å². The van der Waals surface area contributed by atoms with E-state index >= 15 is 4.79 Å². The normalized spacial score (nSPS) is 20.7. The van der Waals surface area contributed by atoms with Gasteiger partial charge in [-0.25, -0.2) is 35.9 Å². The molecule has 2 aromatic carbocycles. The van der Waals surface area contributed by atoms with Gasteiger partial charge in [0.25, 0.3) is 5.56 Å². The van der Waals surface area contributed by atoms with E-state index in [0.717, 1.165) is 74.4 Å². The lowest BCUT2D eigenvalue weighted by Crippen LogP contribution is -2.38. The molecule has 0 radical (unpaired) electrons. The number of nitrogens with zero attached hydrogens (tertiary/aromatic N) is 7. The molecular weight excluding hydrogens is 966 g/mol. The first-order valence-corrected chi connectivity index (χ1v) is 25.8. The number of halogens is 6. The molecule has 0 saturated heterocycles. The second kappa shape index (κ2) is 16.1. The Hall–Kier alpha value is -4.88. The molecule has 0 bridgehead atoms. The second-order valence-corrected chi connectivity index (χ2v) is 21.8. The monoisotopic (exact) mass is 1010 g/mol. The molecule has 5 aliphatic carbocycles. The molecule has 20 heteroatoms. The van der Waals surface area contributed by atoms with E-state index in [1.165, 1.54) is 20.9 Å². The number of benzene rings is 2. The summed E-state index contributed by atoms with van der Waals surface area (Å²) in [4.78, 5) is 40.4. The number of pyridine rings is 1. The van der Waals surface area contributed by atoms with Gasteiger partial charge in [-0.15, -0.1) is 0 Å². The molecule has 1 amide bonds. The summed E-state index contributed by atoms with van der Waals surface area (Å²) in [5.41, 5.74) is 4.65. The summed E-state index contributed by atoms with van der Waals surface area (Å²) in [6.45, 7) is 0.0329. The van der Waals surface area contributed by atoms with E-state index < -0.39 is 45.1 Å². The van der Waals surface area contributed by atoms with Crippen molar-refractivity contribution in [3.05, 3.63) is 103 Å². The maximum Gasteiger partial charge on any atom is 0.268 e. The minimum absolute atomic E-state index is 0.0315. The fourth-order valence-electron chi connectivity index (χ4n) is 10.5. The summed E-state index contributed by atoms with van der Waals surface area (Å²) in [6, 6.07) is 6.73. The maximum atomic E-state index is 15.7. The molecular formula is C46H45BrClF4N9O4S. The molecule has 0 unspecified atom stereocenters. The number of carbonyl (C=O) groups excluding carboxylic acids is 1. The topological polar surface area (TPSA) is 159 Å². The van der Waals surface area contributed by atoms with Crippen molar-refractivity contribution in [1.29, 1.82) is 0 Å². The summed E-state index contributed by atoms with van der Waals surface area (Å²) in [5.74, 6) is -4.07. The fourth-order valence-corrected chi connectivity index (χ4v) is 11.5. The number of aryl methyl sites for hydroxylation is 1. The second-order valence-electron chi connectivity index (χ2n) is 18.9. The molecule has 0 spiro atoms. The highest BCUT2D eigenvalue weighted by molar-refractivity contribution is 9.09. The summed E-state index contributed by atoms with van der Waals surface area (Å²) >= 11 is 10.3. The van der Waals surface area contributed by atoms with Gasteiger partial charge in [0.2, 0.25) is 21.9 Å². The lowest BCUT2D eigenvalue weighted by atomic mass is 9.84. The standard InChI is InChI=1S/C46H45BrClF4N9O4S/c1-66(64,65)58-43-39-31(48)6-7-34(41(39)59(57-43)13-12-47)61-44(55-42-38(45(61)63)30(23-2-3-23)20-32(54-42)24-8-10-46(51,52)11-9-24)33(16-22-14-27(49)19-28(50)15-22)53-36(62)21-60-35-18-26-17-29(26)37(35)40(56-60)25-4-5-25/h6-7,14-15,19-20,23-26,29,33H,2-5,8-13,16-18,21H2,1H3,(H,53,62)(H,57,58)/t26-,29-,33-/m0/s1. The zero-order valence-corrected chi connectivity index (χ0v) is 38.9. The molecule has 2 N–H and O–H groups in total. The average molecular weight is 1010 g/mol. The van der Waals surface area contributed by atoms with Crippen molar-refractivity contribution in [2.45, 2.75) is 119 Å². The van der Waals surface area contributed by atoms with Crippen molar-refractivity contribution < 1.29 is 30.8 Å². The largest absolute Gasteiger partial charge is 0.344 e. The van der Waals surface area contributed by atoms with Crippen molar-refractivity contribution in [2.75, 3.05) is 16.3 Å². The number of aromatic nitrogens is 7. The molecule has 4 aromatic heterocycles. The molecule has 3 atom stereocenters. The molecule has 66 heavy (non-hydrogen) atoms. The number of carbonyl (C=O) groups is 1. The van der Waals surface area contributed by atoms with E-state index in [0.29, 0.717) is 34.3 Å². The molecule has 13 nitrogen and oxygen atoms in total. The van der Waals surface area contributed by atoms with E-state index in [9.17, 15) is 30.8 Å². The number of rotatable bonds is 14. The number of hydrogen-bond donors (Lipinski definition) is 2. The number of sulfonamides is 1. The Bertz CT molecular complexity index is 3160. The zero-order chi connectivity index (χ0) is 46.0. The van der Waals surface area contributed by atoms with E-state index in [-0.39, 0.29) is 107 Å². The van der Waals surface area contributed by atoms with Gasteiger partial charge in [-0.1, -0.05) is 27.5 Å². The minimum atomic E-state index is -3.88. The van der Waals surface area contributed by atoms with Crippen molar-refractivity contribution in [3.8, 4) is 5.69 Å². The molecule has 4 heterocycles. The van der Waals surface area contributed by atoms with Crippen LogP contribution in [-0.2, 0) is 40.7 Å². The third kappa shape index (κ3) is 8.19. The predicted molar refractivity (Wildman–Crippen MR) is 244 cm³/mol. The van der Waals surface area contributed by atoms with Gasteiger partial charge < -0.3 is 5.32 Å². The van der Waals surface area contributed by atoms with Crippen LogP contribution in [0.15, 0.2) is 41.2 Å². The van der Waals surface area contributed by atoms with Crippen LogP contribution in [0.3, 0.4) is 0 Å². The summed E-state index contributed by atoms with van der Waals surface area (Å²) in [5, 5.41) is 13.5. The summed E-state index contributed by atoms with van der Waals surface area (Å²) in [6.07, 6.45) is 6.10. The van der Waals surface area contributed by atoms with Gasteiger partial charge in [0.05, 0.1) is 51.5 Å². The number of hydrogen-bond acceptors (Lipinski definition) is 8. The molecule has 11 rings (SSSR count). The van der Waals surface area contributed by atoms with Crippen molar-refractivity contribution in [2.24, 2.45) is 5.92 Å². The van der Waals surface area contributed by atoms with Gasteiger partial charge in [-0.2, -0.15) is 10.2 Å². The average Bonchev–Trinajstić information content (AvgIpc) is 4.19. The highest BCUT2D eigenvalue weighted by Gasteiger charge is 2.51. The molecule has 346 valence electrons. The zero-order valence-electron chi connectivity index (χ0n) is 35.8. The van der Waals surface area contributed by atoms with Gasteiger partial charge in [-0.05, 0) is 111 Å². The Labute approximate surface area is 389 Å². The van der Waals surface area contributed by atoms with Crippen LogP contribution in [0.1, 0.15) is 127 Å². The lowest BCUT2D eigenvalue weighted by molar-refractivity contribution is -0.122. The third-order valence-electron chi connectivity index (χ3n) is 13.9. The SMILES string of the molecule is CS(=O)(=O)Nc1nn(CCBr)c2c(-n3c([C@H](Cc4cc(F)cc(F)c4)NC(=O)Cn4nc(C5CC5)c5c4C[C@@H]4C[C@H]54)nc4nc(C5CCC(F)(F)CC5)cc(C5CC5)c4c3=O)ccc(Cl)c12. The Morgan fingerprint density at radius 3 is 2.36 bits per heavy atom. The van der Waals surface area contributed by atoms with Gasteiger partial charge in [-0.3, -0.25) is 28.2 Å². The number of amides is 1. The lowest BCUT2D eigenvalue weighted by Gasteiger charge is -2.28. The summed E-state index contributed by atoms with van der Waals surface area (Å²) < 4.78 is 91.2. The number of nitrogens with one attached hydrogen (secondary N) is 2. The van der Waals surface area contributed by atoms with Crippen LogP contribution in [0.25, 0.3) is 27.6 Å². The molecule has 4 fully saturated rings. The Morgan fingerprint density at radius 1 is 0.955 bits per heavy atom. The molecule has 6 aromatic rings. The molecule has 4 saturated carbocycles. The van der Waals surface area contributed by atoms with Gasteiger partial charge in [0, 0.05) is 59.4 Å². The van der Waals surface area contributed by atoms with Crippen LogP contribution < -0.4 is 15.6 Å². The third-order valence-corrected chi connectivity index (χ3v) is 15.1.